The summed E-state index contributed by atoms with van der Waals surface area (Å²) in [7, 11) is -3.17. The lowest BCUT2D eigenvalue weighted by atomic mass is 10.3. The smallest absolute Gasteiger partial charge is 0.175 e. The Morgan fingerprint density at radius 2 is 1.94 bits per heavy atom. The molecule has 1 aromatic rings. The molecule has 0 aliphatic rings. The molecule has 5 heteroatoms. The van der Waals surface area contributed by atoms with Gasteiger partial charge in [-0.1, -0.05) is 0 Å². The van der Waals surface area contributed by atoms with E-state index in [9.17, 15) is 8.42 Å². The Hall–Kier alpha value is -1.54. The van der Waals surface area contributed by atoms with E-state index in [2.05, 4.69) is 0 Å². The summed E-state index contributed by atoms with van der Waals surface area (Å²) in [4.78, 5) is 0.257. The molecule has 0 fully saturated rings. The molecule has 0 heterocycles. The molecule has 0 radical (unpaired) electrons. The van der Waals surface area contributed by atoms with Crippen LogP contribution in [0.4, 0.5) is 0 Å². The van der Waals surface area contributed by atoms with Crippen LogP contribution < -0.4 is 4.74 Å². The van der Waals surface area contributed by atoms with E-state index in [0.717, 1.165) is 6.26 Å². The Morgan fingerprint density at radius 3 is 2.38 bits per heavy atom. The molecule has 1 aromatic carbocycles. The normalized spacial score (nSPS) is 12.8. The summed E-state index contributed by atoms with van der Waals surface area (Å²) in [5, 5.41) is 8.46. The summed E-state index contributed by atoms with van der Waals surface area (Å²) >= 11 is 0. The van der Waals surface area contributed by atoms with Crippen molar-refractivity contribution in [3.8, 4) is 11.8 Å². The average molecular weight is 239 g/mol. The van der Waals surface area contributed by atoms with Gasteiger partial charge in [0.25, 0.3) is 0 Å². The van der Waals surface area contributed by atoms with Crippen LogP contribution in [0.25, 0.3) is 0 Å². The van der Waals surface area contributed by atoms with Crippen molar-refractivity contribution in [1.82, 2.24) is 0 Å². The third kappa shape index (κ3) is 3.55. The van der Waals surface area contributed by atoms with Gasteiger partial charge >= 0.3 is 0 Å². The summed E-state index contributed by atoms with van der Waals surface area (Å²) in [6.45, 7) is 1.79. The molecule has 0 aliphatic carbocycles. The molecular weight excluding hydrogens is 226 g/mol. The SMILES string of the molecule is CC(CC#N)Oc1ccc(S(C)(=O)=O)cc1. The van der Waals surface area contributed by atoms with Crippen molar-refractivity contribution in [1.29, 1.82) is 5.26 Å². The molecule has 0 bridgehead atoms. The van der Waals surface area contributed by atoms with Gasteiger partial charge in [-0.05, 0) is 31.2 Å². The minimum atomic E-state index is -3.17. The first kappa shape index (κ1) is 12.5. The van der Waals surface area contributed by atoms with Crippen molar-refractivity contribution in [3.63, 3.8) is 0 Å². The van der Waals surface area contributed by atoms with E-state index in [1.54, 1.807) is 19.1 Å². The zero-order valence-corrected chi connectivity index (χ0v) is 9.99. The van der Waals surface area contributed by atoms with E-state index < -0.39 is 9.84 Å². The molecule has 86 valence electrons. The molecule has 0 spiro atoms. The van der Waals surface area contributed by atoms with E-state index in [0.29, 0.717) is 12.2 Å². The van der Waals surface area contributed by atoms with Gasteiger partial charge in [-0.25, -0.2) is 8.42 Å². The second-order valence-electron chi connectivity index (χ2n) is 3.53. The van der Waals surface area contributed by atoms with Crippen LogP contribution in [0.3, 0.4) is 0 Å². The monoisotopic (exact) mass is 239 g/mol. The van der Waals surface area contributed by atoms with E-state index in [-0.39, 0.29) is 11.0 Å². The Balaban J connectivity index is 2.77. The Labute approximate surface area is 95.4 Å². The van der Waals surface area contributed by atoms with Crippen molar-refractivity contribution >= 4 is 9.84 Å². The predicted molar refractivity (Wildman–Crippen MR) is 59.9 cm³/mol. The van der Waals surface area contributed by atoms with Gasteiger partial charge < -0.3 is 4.74 Å². The molecule has 0 aromatic heterocycles. The molecular formula is C11H13NO3S. The molecule has 16 heavy (non-hydrogen) atoms. The maximum absolute atomic E-state index is 11.2. The Kier molecular flexibility index (Phi) is 3.91. The highest BCUT2D eigenvalue weighted by Gasteiger charge is 2.07. The van der Waals surface area contributed by atoms with Gasteiger partial charge in [0.15, 0.2) is 9.84 Å². The fourth-order valence-electron chi connectivity index (χ4n) is 1.17. The molecule has 0 N–H and O–H groups in total. The van der Waals surface area contributed by atoms with Crippen LogP contribution in [0.5, 0.6) is 5.75 Å². The third-order valence-corrected chi connectivity index (χ3v) is 3.10. The summed E-state index contributed by atoms with van der Waals surface area (Å²) in [6.07, 6.45) is 1.25. The fourth-order valence-corrected chi connectivity index (χ4v) is 1.80. The lowest BCUT2D eigenvalue weighted by molar-refractivity contribution is 0.227. The first-order valence-corrected chi connectivity index (χ1v) is 6.66. The van der Waals surface area contributed by atoms with Crippen molar-refractivity contribution in [2.24, 2.45) is 0 Å². The van der Waals surface area contributed by atoms with Crippen molar-refractivity contribution in [2.45, 2.75) is 24.3 Å². The van der Waals surface area contributed by atoms with Crippen LogP contribution in [-0.2, 0) is 9.84 Å². The highest BCUT2D eigenvalue weighted by Crippen LogP contribution is 2.17. The number of hydrogen-bond donors (Lipinski definition) is 0. The quantitative estimate of drug-likeness (QED) is 0.803. The van der Waals surface area contributed by atoms with Gasteiger partial charge in [0.05, 0.1) is 17.4 Å². The number of benzene rings is 1. The van der Waals surface area contributed by atoms with E-state index in [1.165, 1.54) is 12.1 Å². The first-order valence-electron chi connectivity index (χ1n) is 4.77. The molecule has 1 rings (SSSR count). The first-order chi connectivity index (χ1) is 7.43. The molecule has 1 unspecified atom stereocenters. The molecule has 0 saturated carbocycles. The van der Waals surface area contributed by atoms with Gasteiger partial charge in [-0.3, -0.25) is 0 Å². The summed E-state index contributed by atoms with van der Waals surface area (Å²) in [5.74, 6) is 0.565. The van der Waals surface area contributed by atoms with Gasteiger partial charge in [-0.15, -0.1) is 0 Å². The molecule has 1 atom stereocenters. The third-order valence-electron chi connectivity index (χ3n) is 1.97. The average Bonchev–Trinajstić information content (AvgIpc) is 2.17. The Bertz CT molecular complexity index is 485. The van der Waals surface area contributed by atoms with Gasteiger partial charge in [0, 0.05) is 6.26 Å². The molecule has 0 saturated heterocycles. The largest absolute Gasteiger partial charge is 0.490 e. The maximum atomic E-state index is 11.2. The molecule has 0 amide bonds. The number of ether oxygens (including phenoxy) is 1. The second kappa shape index (κ2) is 4.99. The number of nitrogens with zero attached hydrogens (tertiary/aromatic N) is 1. The van der Waals surface area contributed by atoms with Crippen molar-refractivity contribution < 1.29 is 13.2 Å². The molecule has 0 aliphatic heterocycles. The van der Waals surface area contributed by atoms with Crippen molar-refractivity contribution in [3.05, 3.63) is 24.3 Å². The number of nitriles is 1. The fraction of sp³-hybridized carbons (Fsp3) is 0.364. The van der Waals surface area contributed by atoms with Crippen LogP contribution in [0, 0.1) is 11.3 Å². The summed E-state index contributed by atoms with van der Waals surface area (Å²) < 4.78 is 27.8. The predicted octanol–water partition coefficient (Wildman–Crippen LogP) is 1.77. The lowest BCUT2D eigenvalue weighted by Gasteiger charge is -2.11. The second-order valence-corrected chi connectivity index (χ2v) is 5.55. The molecule has 4 nitrogen and oxygen atoms in total. The zero-order chi connectivity index (χ0) is 12.2. The van der Waals surface area contributed by atoms with Crippen LogP contribution in [-0.4, -0.2) is 20.8 Å². The summed E-state index contributed by atoms with van der Waals surface area (Å²) in [6, 6.07) is 8.16. The maximum Gasteiger partial charge on any atom is 0.175 e. The zero-order valence-electron chi connectivity index (χ0n) is 9.17. The van der Waals surface area contributed by atoms with Gasteiger partial charge in [-0.2, -0.15) is 5.26 Å². The van der Waals surface area contributed by atoms with Crippen molar-refractivity contribution in [2.75, 3.05) is 6.26 Å². The lowest BCUT2D eigenvalue weighted by Crippen LogP contribution is -2.10. The number of hydrogen-bond acceptors (Lipinski definition) is 4. The topological polar surface area (TPSA) is 67.2 Å². The minimum absolute atomic E-state index is 0.200. The highest BCUT2D eigenvalue weighted by molar-refractivity contribution is 7.90. The minimum Gasteiger partial charge on any atom is -0.490 e. The van der Waals surface area contributed by atoms with E-state index >= 15 is 0 Å². The van der Waals surface area contributed by atoms with Crippen LogP contribution in [0.1, 0.15) is 13.3 Å². The van der Waals surface area contributed by atoms with Crippen LogP contribution in [0.2, 0.25) is 0 Å². The van der Waals surface area contributed by atoms with E-state index in [1.807, 2.05) is 6.07 Å². The Morgan fingerprint density at radius 1 is 1.38 bits per heavy atom. The number of sulfone groups is 1. The summed E-state index contributed by atoms with van der Waals surface area (Å²) in [5.41, 5.74) is 0. The van der Waals surface area contributed by atoms with Crippen LogP contribution in [0.15, 0.2) is 29.2 Å². The standard InChI is InChI=1S/C11H13NO3S/c1-9(7-8-12)15-10-3-5-11(6-4-10)16(2,13)14/h3-6,9H,7H2,1-2H3. The van der Waals surface area contributed by atoms with E-state index in [4.69, 9.17) is 10.00 Å². The van der Waals surface area contributed by atoms with Gasteiger partial charge in [0.2, 0.25) is 0 Å². The van der Waals surface area contributed by atoms with Crippen LogP contribution >= 0.6 is 0 Å². The van der Waals surface area contributed by atoms with Gasteiger partial charge in [0.1, 0.15) is 11.9 Å². The number of rotatable bonds is 4. The highest BCUT2D eigenvalue weighted by atomic mass is 32.2.